The van der Waals surface area contributed by atoms with E-state index in [4.69, 9.17) is 33.7 Å². The van der Waals surface area contributed by atoms with Crippen LogP contribution in [0.1, 0.15) is 12.8 Å². The molecule has 0 radical (unpaired) electrons. The van der Waals surface area contributed by atoms with Gasteiger partial charge in [0.25, 0.3) is 0 Å². The van der Waals surface area contributed by atoms with E-state index in [2.05, 4.69) is 15.3 Å². The molecule has 3 N–H and O–H groups in total. The van der Waals surface area contributed by atoms with Crippen molar-refractivity contribution in [1.82, 2.24) is 9.97 Å². The van der Waals surface area contributed by atoms with Gasteiger partial charge in [-0.3, -0.25) is 0 Å². The molecule has 1 aliphatic rings. The Morgan fingerprint density at radius 3 is 2.96 bits per heavy atom. The third-order valence-corrected chi connectivity index (χ3v) is 4.41. The van der Waals surface area contributed by atoms with Crippen molar-refractivity contribution in [2.45, 2.75) is 12.8 Å². The van der Waals surface area contributed by atoms with Crippen molar-refractivity contribution >= 4 is 34.8 Å². The van der Waals surface area contributed by atoms with Gasteiger partial charge in [0.15, 0.2) is 0 Å². The van der Waals surface area contributed by atoms with E-state index in [9.17, 15) is 0 Å². The van der Waals surface area contributed by atoms with E-state index in [1.54, 1.807) is 12.1 Å². The second-order valence-corrected chi connectivity index (χ2v) is 6.39. The molecule has 122 valence electrons. The molecule has 1 unspecified atom stereocenters. The Morgan fingerprint density at radius 2 is 2.17 bits per heavy atom. The van der Waals surface area contributed by atoms with Crippen LogP contribution in [-0.2, 0) is 4.74 Å². The van der Waals surface area contributed by atoms with Crippen LogP contribution in [0, 0.1) is 5.92 Å². The van der Waals surface area contributed by atoms with Gasteiger partial charge in [-0.15, -0.1) is 0 Å². The van der Waals surface area contributed by atoms with Crippen LogP contribution >= 0.6 is 23.2 Å². The van der Waals surface area contributed by atoms with Gasteiger partial charge < -0.3 is 15.8 Å². The summed E-state index contributed by atoms with van der Waals surface area (Å²) < 4.78 is 5.49. The number of nitrogens with zero attached hydrogens (tertiary/aromatic N) is 2. The Bertz CT molecular complexity index is 690. The summed E-state index contributed by atoms with van der Waals surface area (Å²) in [6.45, 7) is 2.47. The summed E-state index contributed by atoms with van der Waals surface area (Å²) in [5.74, 6) is 1.63. The second-order valence-electron chi connectivity index (χ2n) is 5.58. The smallest absolute Gasteiger partial charge is 0.126 e. The molecule has 0 aliphatic carbocycles. The summed E-state index contributed by atoms with van der Waals surface area (Å²) in [4.78, 5) is 8.54. The Labute approximate surface area is 145 Å². The van der Waals surface area contributed by atoms with Crippen molar-refractivity contribution in [2.75, 3.05) is 30.8 Å². The first kappa shape index (κ1) is 16.3. The highest BCUT2D eigenvalue weighted by atomic mass is 35.5. The maximum Gasteiger partial charge on any atom is 0.126 e. The van der Waals surface area contributed by atoms with Crippen LogP contribution in [0.5, 0.6) is 0 Å². The van der Waals surface area contributed by atoms with Gasteiger partial charge in [-0.25, -0.2) is 9.97 Å². The van der Waals surface area contributed by atoms with Gasteiger partial charge in [0.05, 0.1) is 22.3 Å². The number of rotatable bonds is 4. The molecule has 0 aromatic carbocycles. The molecule has 1 fully saturated rings. The fraction of sp³-hybridized carbons (Fsp3) is 0.375. The summed E-state index contributed by atoms with van der Waals surface area (Å²) in [5, 5.41) is 4.33. The summed E-state index contributed by atoms with van der Waals surface area (Å²) in [6.07, 6.45) is 3.78. The number of anilines is 2. The van der Waals surface area contributed by atoms with Crippen molar-refractivity contribution in [3.8, 4) is 11.3 Å². The molecule has 1 saturated heterocycles. The molecule has 23 heavy (non-hydrogen) atoms. The highest BCUT2D eigenvalue weighted by Gasteiger charge is 2.15. The molecule has 2 aromatic heterocycles. The molecule has 1 aliphatic heterocycles. The Hall–Kier alpha value is -1.56. The topological polar surface area (TPSA) is 73.1 Å². The first-order valence-corrected chi connectivity index (χ1v) is 8.28. The summed E-state index contributed by atoms with van der Waals surface area (Å²) in [5.41, 5.74) is 7.01. The predicted octanol–water partition coefficient (Wildman–Crippen LogP) is 3.87. The second kappa shape index (κ2) is 7.34. The molecule has 0 saturated carbocycles. The Kier molecular flexibility index (Phi) is 5.20. The fourth-order valence-electron chi connectivity index (χ4n) is 2.58. The molecule has 0 spiro atoms. The normalized spacial score (nSPS) is 17.9. The largest absolute Gasteiger partial charge is 0.384 e. The van der Waals surface area contributed by atoms with E-state index < -0.39 is 0 Å². The van der Waals surface area contributed by atoms with Crippen LogP contribution in [0.25, 0.3) is 11.3 Å². The zero-order valence-corrected chi connectivity index (χ0v) is 14.1. The monoisotopic (exact) mass is 352 g/mol. The minimum atomic E-state index is 0.375. The molecule has 0 amide bonds. The van der Waals surface area contributed by atoms with Crippen LogP contribution in [0.4, 0.5) is 11.6 Å². The van der Waals surface area contributed by atoms with Crippen molar-refractivity contribution in [3.05, 3.63) is 34.4 Å². The van der Waals surface area contributed by atoms with E-state index >= 15 is 0 Å². The lowest BCUT2D eigenvalue weighted by atomic mass is 10.0. The molecule has 7 heteroatoms. The van der Waals surface area contributed by atoms with E-state index in [-0.39, 0.29) is 0 Å². The lowest BCUT2D eigenvalue weighted by Gasteiger charge is -2.22. The number of ether oxygens (including phenoxy) is 1. The van der Waals surface area contributed by atoms with Crippen LogP contribution in [0.15, 0.2) is 24.4 Å². The number of halogens is 2. The molecular formula is C16H18Cl2N4O. The lowest BCUT2D eigenvalue weighted by Crippen LogP contribution is -2.24. The predicted molar refractivity (Wildman–Crippen MR) is 93.9 cm³/mol. The molecule has 3 heterocycles. The fourth-order valence-corrected chi connectivity index (χ4v) is 2.98. The molecule has 3 rings (SSSR count). The van der Waals surface area contributed by atoms with Gasteiger partial charge in [-0.2, -0.15) is 0 Å². The van der Waals surface area contributed by atoms with Gasteiger partial charge in [0.1, 0.15) is 11.6 Å². The Morgan fingerprint density at radius 1 is 1.30 bits per heavy atom. The highest BCUT2D eigenvalue weighted by molar-refractivity contribution is 6.36. The Balaban J connectivity index is 1.80. The first-order valence-electron chi connectivity index (χ1n) is 7.53. The standard InChI is InChI=1S/C16H18Cl2N4O/c17-12-3-4-15(21-7-10-2-1-5-23-9-10)22-16(12)11-6-14(19)20-8-13(11)18/h3-4,6,8,10H,1-2,5,7,9H2,(H2,19,20)(H,21,22). The van der Waals surface area contributed by atoms with Gasteiger partial charge in [0, 0.05) is 24.9 Å². The van der Waals surface area contributed by atoms with Crippen molar-refractivity contribution in [1.29, 1.82) is 0 Å². The van der Waals surface area contributed by atoms with E-state index in [0.29, 0.717) is 33.0 Å². The van der Waals surface area contributed by atoms with E-state index in [1.165, 1.54) is 12.6 Å². The van der Waals surface area contributed by atoms with E-state index in [0.717, 1.165) is 32.0 Å². The number of hydrogen-bond acceptors (Lipinski definition) is 5. The highest BCUT2D eigenvalue weighted by Crippen LogP contribution is 2.33. The van der Waals surface area contributed by atoms with Crippen LogP contribution < -0.4 is 11.1 Å². The third-order valence-electron chi connectivity index (χ3n) is 3.80. The van der Waals surface area contributed by atoms with Crippen LogP contribution in [-0.4, -0.2) is 29.7 Å². The summed E-state index contributed by atoms with van der Waals surface area (Å²) in [7, 11) is 0. The molecule has 0 bridgehead atoms. The van der Waals surface area contributed by atoms with Gasteiger partial charge in [-0.05, 0) is 37.0 Å². The van der Waals surface area contributed by atoms with Crippen molar-refractivity contribution in [2.24, 2.45) is 5.92 Å². The minimum Gasteiger partial charge on any atom is -0.384 e. The lowest BCUT2D eigenvalue weighted by molar-refractivity contribution is 0.0595. The van der Waals surface area contributed by atoms with Gasteiger partial charge >= 0.3 is 0 Å². The summed E-state index contributed by atoms with van der Waals surface area (Å²) in [6, 6.07) is 5.33. The molecule has 1 atom stereocenters. The summed E-state index contributed by atoms with van der Waals surface area (Å²) >= 11 is 12.5. The zero-order chi connectivity index (χ0) is 16.2. The average molecular weight is 353 g/mol. The average Bonchev–Trinajstić information content (AvgIpc) is 2.57. The molecule has 2 aromatic rings. The molecule has 5 nitrogen and oxygen atoms in total. The molecular weight excluding hydrogens is 335 g/mol. The van der Waals surface area contributed by atoms with Gasteiger partial charge in [0.2, 0.25) is 0 Å². The number of aromatic nitrogens is 2. The number of nitrogens with one attached hydrogen (secondary N) is 1. The van der Waals surface area contributed by atoms with Crippen molar-refractivity contribution < 1.29 is 4.74 Å². The minimum absolute atomic E-state index is 0.375. The van der Waals surface area contributed by atoms with Crippen molar-refractivity contribution in [3.63, 3.8) is 0 Å². The maximum atomic E-state index is 6.27. The van der Waals surface area contributed by atoms with Crippen LogP contribution in [0.2, 0.25) is 10.0 Å². The number of pyridine rings is 2. The van der Waals surface area contributed by atoms with Gasteiger partial charge in [-0.1, -0.05) is 23.2 Å². The third kappa shape index (κ3) is 4.05. The number of hydrogen-bond donors (Lipinski definition) is 2. The number of nitrogens with two attached hydrogens (primary N) is 1. The van der Waals surface area contributed by atoms with Crippen LogP contribution in [0.3, 0.4) is 0 Å². The van der Waals surface area contributed by atoms with E-state index in [1.807, 2.05) is 6.07 Å². The zero-order valence-electron chi connectivity index (χ0n) is 12.6. The first-order chi connectivity index (χ1) is 11.1. The SMILES string of the molecule is Nc1cc(-c2nc(NCC3CCCOC3)ccc2Cl)c(Cl)cn1. The quantitative estimate of drug-likeness (QED) is 0.873. The number of nitrogen functional groups attached to an aromatic ring is 1. The maximum absolute atomic E-state index is 6.27.